The van der Waals surface area contributed by atoms with Crippen LogP contribution in [0.25, 0.3) is 0 Å². The highest BCUT2D eigenvalue weighted by Gasteiger charge is 2.33. The molecule has 202 valence electrons. The van der Waals surface area contributed by atoms with Gasteiger partial charge in [-0.05, 0) is 49.3 Å². The number of benzene rings is 1. The minimum absolute atomic E-state index is 0.0203. The van der Waals surface area contributed by atoms with Gasteiger partial charge in [0.15, 0.2) is 0 Å². The van der Waals surface area contributed by atoms with Crippen molar-refractivity contribution in [2.45, 2.75) is 82.9 Å². The lowest BCUT2D eigenvalue weighted by molar-refractivity contribution is -0.00856. The lowest BCUT2D eigenvalue weighted by atomic mass is 9.83. The molecule has 2 fully saturated rings. The number of rotatable bonds is 11. The molecule has 0 radical (unpaired) electrons. The van der Waals surface area contributed by atoms with Crippen LogP contribution in [0.4, 0.5) is 9.59 Å². The molecule has 1 aromatic rings. The second kappa shape index (κ2) is 14.6. The van der Waals surface area contributed by atoms with Gasteiger partial charge in [-0.2, -0.15) is 0 Å². The highest BCUT2D eigenvalue weighted by atomic mass is 35.5. The molecule has 4 atom stereocenters. The molecule has 0 bridgehead atoms. The molecule has 36 heavy (non-hydrogen) atoms. The molecule has 3 amide bonds. The van der Waals surface area contributed by atoms with Crippen LogP contribution in [0, 0.1) is 11.8 Å². The Labute approximate surface area is 220 Å². The zero-order valence-corrected chi connectivity index (χ0v) is 22.2. The van der Waals surface area contributed by atoms with E-state index in [1.54, 1.807) is 0 Å². The normalized spacial score (nSPS) is 21.4. The molecule has 2 aliphatic rings. The summed E-state index contributed by atoms with van der Waals surface area (Å²) in [5.74, 6) is 0.709. The number of nitrogens with two attached hydrogens (primary N) is 1. The van der Waals surface area contributed by atoms with Crippen molar-refractivity contribution in [2.24, 2.45) is 17.6 Å². The zero-order chi connectivity index (χ0) is 25.9. The van der Waals surface area contributed by atoms with Crippen LogP contribution >= 0.6 is 11.6 Å². The molecule has 5 N–H and O–H groups in total. The van der Waals surface area contributed by atoms with E-state index in [1.165, 1.54) is 32.1 Å². The lowest BCUT2D eigenvalue weighted by Crippen LogP contribution is -2.54. The monoisotopic (exact) mass is 522 g/mol. The van der Waals surface area contributed by atoms with E-state index in [9.17, 15) is 9.59 Å². The minimum atomic E-state index is -1.08. The van der Waals surface area contributed by atoms with E-state index in [2.05, 4.69) is 17.6 Å². The standard InChI is InChI=1S/C27H43ClN4O4/c1-2-23(29)24(16-19-8-4-3-5-9-19)31-26(33)32-14-7-11-21(18-32)25(36-15-13-30-27(34)35)20-10-6-12-22(28)17-20/h6,10,12,17,19,21,23-25,30H,2-5,7-9,11,13-16,18,29H2,1H3,(H,31,33)(H,34,35)/t21-,23-,24+,25?/m1/s1. The van der Waals surface area contributed by atoms with Gasteiger partial charge in [0.1, 0.15) is 0 Å². The maximum absolute atomic E-state index is 13.4. The number of piperidine rings is 1. The molecule has 8 nitrogen and oxygen atoms in total. The number of hydrogen-bond acceptors (Lipinski definition) is 4. The first-order chi connectivity index (χ1) is 17.4. The summed E-state index contributed by atoms with van der Waals surface area (Å²) in [4.78, 5) is 26.1. The van der Waals surface area contributed by atoms with Crippen molar-refractivity contribution in [2.75, 3.05) is 26.2 Å². The highest BCUT2D eigenvalue weighted by Crippen LogP contribution is 2.34. The molecule has 3 rings (SSSR count). The zero-order valence-electron chi connectivity index (χ0n) is 21.5. The Bertz CT molecular complexity index is 836. The van der Waals surface area contributed by atoms with Gasteiger partial charge >= 0.3 is 12.1 Å². The topological polar surface area (TPSA) is 117 Å². The Balaban J connectivity index is 1.65. The number of hydrogen-bond donors (Lipinski definition) is 4. The Morgan fingerprint density at radius 1 is 1.22 bits per heavy atom. The Hall–Kier alpha value is -2.03. The molecule has 1 aromatic carbocycles. The lowest BCUT2D eigenvalue weighted by Gasteiger charge is -2.38. The number of nitrogens with zero attached hydrogens (tertiary/aromatic N) is 1. The summed E-state index contributed by atoms with van der Waals surface area (Å²) < 4.78 is 6.18. The van der Waals surface area contributed by atoms with Gasteiger partial charge < -0.3 is 31.1 Å². The highest BCUT2D eigenvalue weighted by molar-refractivity contribution is 6.30. The van der Waals surface area contributed by atoms with Gasteiger partial charge in [0.25, 0.3) is 0 Å². The summed E-state index contributed by atoms with van der Waals surface area (Å²) >= 11 is 6.26. The summed E-state index contributed by atoms with van der Waals surface area (Å²) in [5.41, 5.74) is 7.39. The number of carbonyl (C=O) groups excluding carboxylic acids is 1. The van der Waals surface area contributed by atoms with Crippen LogP contribution in [0.1, 0.15) is 76.4 Å². The summed E-state index contributed by atoms with van der Waals surface area (Å²) in [6.45, 7) is 3.77. The van der Waals surface area contributed by atoms with Crippen molar-refractivity contribution in [3.63, 3.8) is 0 Å². The first-order valence-corrected chi connectivity index (χ1v) is 13.9. The third-order valence-electron chi connectivity index (χ3n) is 7.64. The molecule has 1 unspecified atom stereocenters. The molecule has 1 aliphatic heterocycles. The van der Waals surface area contributed by atoms with Crippen molar-refractivity contribution < 1.29 is 19.4 Å². The number of carbonyl (C=O) groups is 2. The van der Waals surface area contributed by atoms with Crippen molar-refractivity contribution >= 4 is 23.7 Å². The van der Waals surface area contributed by atoms with Gasteiger partial charge in [0.05, 0.1) is 12.7 Å². The number of nitrogens with one attached hydrogen (secondary N) is 2. The molecular weight excluding hydrogens is 480 g/mol. The molecule has 0 spiro atoms. The van der Waals surface area contributed by atoms with Gasteiger partial charge in [0, 0.05) is 42.7 Å². The van der Waals surface area contributed by atoms with Gasteiger partial charge in [-0.3, -0.25) is 0 Å². The van der Waals surface area contributed by atoms with Crippen molar-refractivity contribution in [3.05, 3.63) is 34.9 Å². The summed E-state index contributed by atoms with van der Waals surface area (Å²) in [6.07, 6.45) is 8.50. The van der Waals surface area contributed by atoms with Gasteiger partial charge in [0.2, 0.25) is 0 Å². The van der Waals surface area contributed by atoms with Crippen molar-refractivity contribution in [1.82, 2.24) is 15.5 Å². The average Bonchev–Trinajstić information content (AvgIpc) is 2.88. The maximum Gasteiger partial charge on any atom is 0.404 e. The summed E-state index contributed by atoms with van der Waals surface area (Å²) in [6, 6.07) is 7.43. The third-order valence-corrected chi connectivity index (χ3v) is 7.87. The van der Waals surface area contributed by atoms with E-state index in [-0.39, 0.29) is 43.3 Å². The van der Waals surface area contributed by atoms with Crippen molar-refractivity contribution in [3.8, 4) is 0 Å². The first kappa shape index (κ1) is 28.5. The van der Waals surface area contributed by atoms with E-state index in [0.717, 1.165) is 31.2 Å². The van der Waals surface area contributed by atoms with E-state index in [4.69, 9.17) is 27.2 Å². The van der Waals surface area contributed by atoms with Crippen LogP contribution < -0.4 is 16.4 Å². The number of ether oxygens (including phenoxy) is 1. The smallest absolute Gasteiger partial charge is 0.404 e. The van der Waals surface area contributed by atoms with Crippen molar-refractivity contribution in [1.29, 1.82) is 0 Å². The van der Waals surface area contributed by atoms with Gasteiger partial charge in [-0.15, -0.1) is 0 Å². The predicted octanol–water partition coefficient (Wildman–Crippen LogP) is 5.16. The number of carboxylic acid groups (broad SMARTS) is 1. The molecule has 1 heterocycles. The average molecular weight is 523 g/mol. The summed E-state index contributed by atoms with van der Waals surface area (Å²) in [5, 5.41) is 15.1. The Kier molecular flexibility index (Phi) is 11.6. The quantitative estimate of drug-likeness (QED) is 0.299. The van der Waals surface area contributed by atoms with Crippen LogP contribution in [0.5, 0.6) is 0 Å². The van der Waals surface area contributed by atoms with E-state index >= 15 is 0 Å². The van der Waals surface area contributed by atoms with E-state index < -0.39 is 6.09 Å². The SMILES string of the molecule is CC[C@@H](N)[C@H](CC1CCCCC1)NC(=O)N1CCC[C@@H](C(OCCNC(=O)O)c2cccc(Cl)c2)C1. The van der Waals surface area contributed by atoms with Crippen LogP contribution in [-0.4, -0.2) is 60.5 Å². The molecule has 0 aromatic heterocycles. The van der Waals surface area contributed by atoms with E-state index in [0.29, 0.717) is 24.0 Å². The largest absolute Gasteiger partial charge is 0.465 e. The number of urea groups is 1. The predicted molar refractivity (Wildman–Crippen MR) is 142 cm³/mol. The molecular formula is C27H43ClN4O4. The second-order valence-electron chi connectivity index (χ2n) is 10.3. The number of amides is 3. The second-order valence-corrected chi connectivity index (χ2v) is 10.7. The molecule has 1 aliphatic carbocycles. The van der Waals surface area contributed by atoms with Crippen LogP contribution in [0.3, 0.4) is 0 Å². The van der Waals surface area contributed by atoms with Crippen LogP contribution in [0.2, 0.25) is 5.02 Å². The Morgan fingerprint density at radius 3 is 2.69 bits per heavy atom. The first-order valence-electron chi connectivity index (χ1n) is 13.5. The fourth-order valence-corrected chi connectivity index (χ4v) is 5.83. The van der Waals surface area contributed by atoms with Gasteiger partial charge in [-0.25, -0.2) is 9.59 Å². The third kappa shape index (κ3) is 8.82. The van der Waals surface area contributed by atoms with Crippen LogP contribution in [-0.2, 0) is 4.74 Å². The number of likely N-dealkylation sites (tertiary alicyclic amines) is 1. The fraction of sp³-hybridized carbons (Fsp3) is 0.704. The van der Waals surface area contributed by atoms with Gasteiger partial charge in [-0.1, -0.05) is 62.8 Å². The molecule has 1 saturated heterocycles. The fourth-order valence-electron chi connectivity index (χ4n) is 5.63. The summed E-state index contributed by atoms with van der Waals surface area (Å²) in [7, 11) is 0. The maximum atomic E-state index is 13.4. The Morgan fingerprint density at radius 2 is 2.00 bits per heavy atom. The minimum Gasteiger partial charge on any atom is -0.465 e. The molecule has 1 saturated carbocycles. The van der Waals surface area contributed by atoms with E-state index in [1.807, 2.05) is 29.2 Å². The molecule has 9 heteroatoms. The number of halogens is 1. The van der Waals surface area contributed by atoms with Crippen LogP contribution in [0.15, 0.2) is 24.3 Å².